The lowest BCUT2D eigenvalue weighted by Crippen LogP contribution is -2.12. The SMILES string of the molecule is O=[N+]([O-])c1ccc(NCCOc2ccc(F)c(F)c2)c([N+](=O)[O-])c1. The Morgan fingerprint density at radius 3 is 2.38 bits per heavy atom. The van der Waals surface area contributed by atoms with Crippen molar-refractivity contribution in [3.05, 3.63) is 68.3 Å². The van der Waals surface area contributed by atoms with Crippen LogP contribution in [0.1, 0.15) is 0 Å². The standard InChI is InChI=1S/C14H11F2N3O5/c15-11-3-2-10(8-12(11)16)24-6-5-17-13-4-1-9(18(20)21)7-14(13)19(22)23/h1-4,7-8,17H,5-6H2. The Labute approximate surface area is 134 Å². The van der Waals surface area contributed by atoms with Crippen molar-refractivity contribution < 1.29 is 23.4 Å². The third kappa shape index (κ3) is 4.12. The molecule has 0 unspecified atom stereocenters. The number of nitro groups is 2. The van der Waals surface area contributed by atoms with E-state index in [1.54, 1.807) is 0 Å². The number of anilines is 1. The maximum atomic E-state index is 13.0. The molecule has 2 aromatic carbocycles. The van der Waals surface area contributed by atoms with Gasteiger partial charge in [-0.3, -0.25) is 20.2 Å². The monoisotopic (exact) mass is 339 g/mol. The van der Waals surface area contributed by atoms with Crippen LogP contribution in [0.5, 0.6) is 5.75 Å². The van der Waals surface area contributed by atoms with E-state index >= 15 is 0 Å². The number of ether oxygens (including phenoxy) is 1. The van der Waals surface area contributed by atoms with Gasteiger partial charge in [0.15, 0.2) is 11.6 Å². The molecule has 0 saturated heterocycles. The third-order valence-corrected chi connectivity index (χ3v) is 2.97. The second kappa shape index (κ2) is 7.31. The van der Waals surface area contributed by atoms with Gasteiger partial charge < -0.3 is 10.1 Å². The van der Waals surface area contributed by atoms with E-state index in [1.807, 2.05) is 0 Å². The van der Waals surface area contributed by atoms with Gasteiger partial charge in [0.25, 0.3) is 11.4 Å². The normalized spacial score (nSPS) is 10.2. The predicted octanol–water partition coefficient (Wildman–Crippen LogP) is 3.27. The lowest BCUT2D eigenvalue weighted by atomic mass is 10.2. The number of hydrogen-bond acceptors (Lipinski definition) is 6. The summed E-state index contributed by atoms with van der Waals surface area (Å²) >= 11 is 0. The van der Waals surface area contributed by atoms with Gasteiger partial charge in [0.05, 0.1) is 15.9 Å². The summed E-state index contributed by atoms with van der Waals surface area (Å²) in [5, 5.41) is 24.3. The van der Waals surface area contributed by atoms with Crippen LogP contribution in [-0.2, 0) is 0 Å². The van der Waals surface area contributed by atoms with E-state index < -0.39 is 32.9 Å². The van der Waals surface area contributed by atoms with Gasteiger partial charge in [0.1, 0.15) is 18.0 Å². The van der Waals surface area contributed by atoms with Crippen molar-refractivity contribution in [2.45, 2.75) is 0 Å². The molecule has 2 aromatic rings. The Hall–Kier alpha value is -3.30. The number of hydrogen-bond donors (Lipinski definition) is 1. The fraction of sp³-hybridized carbons (Fsp3) is 0.143. The molecule has 0 heterocycles. The number of benzene rings is 2. The summed E-state index contributed by atoms with van der Waals surface area (Å²) in [4.78, 5) is 20.1. The van der Waals surface area contributed by atoms with Crippen molar-refractivity contribution >= 4 is 17.1 Å². The minimum Gasteiger partial charge on any atom is -0.492 e. The summed E-state index contributed by atoms with van der Waals surface area (Å²) < 4.78 is 30.9. The smallest absolute Gasteiger partial charge is 0.299 e. The Morgan fingerprint density at radius 2 is 1.75 bits per heavy atom. The highest BCUT2D eigenvalue weighted by Crippen LogP contribution is 2.28. The van der Waals surface area contributed by atoms with Gasteiger partial charge >= 0.3 is 0 Å². The number of rotatable bonds is 7. The molecule has 0 radical (unpaired) electrons. The molecule has 126 valence electrons. The Morgan fingerprint density at radius 1 is 1.00 bits per heavy atom. The molecule has 1 N–H and O–H groups in total. The highest BCUT2D eigenvalue weighted by atomic mass is 19.2. The number of nitrogens with zero attached hydrogens (tertiary/aromatic N) is 2. The molecule has 0 aliphatic carbocycles. The van der Waals surface area contributed by atoms with Crippen LogP contribution in [0.25, 0.3) is 0 Å². The zero-order valence-electron chi connectivity index (χ0n) is 12.1. The van der Waals surface area contributed by atoms with Crippen LogP contribution in [0.3, 0.4) is 0 Å². The van der Waals surface area contributed by atoms with Crippen molar-refractivity contribution in [1.82, 2.24) is 0 Å². The van der Waals surface area contributed by atoms with Crippen LogP contribution in [0.15, 0.2) is 36.4 Å². The van der Waals surface area contributed by atoms with Gasteiger partial charge in [0, 0.05) is 18.7 Å². The summed E-state index contributed by atoms with van der Waals surface area (Å²) in [6, 6.07) is 6.23. The molecule has 0 fully saturated rings. The zero-order chi connectivity index (χ0) is 17.7. The predicted molar refractivity (Wildman–Crippen MR) is 80.1 cm³/mol. The summed E-state index contributed by atoms with van der Waals surface area (Å²) in [6.07, 6.45) is 0. The quantitative estimate of drug-likeness (QED) is 0.471. The zero-order valence-corrected chi connectivity index (χ0v) is 12.1. The first-order valence-corrected chi connectivity index (χ1v) is 6.63. The Kier molecular flexibility index (Phi) is 5.20. The Bertz CT molecular complexity index is 785. The van der Waals surface area contributed by atoms with Crippen molar-refractivity contribution in [3.63, 3.8) is 0 Å². The summed E-state index contributed by atoms with van der Waals surface area (Å²) in [7, 11) is 0. The second-order valence-corrected chi connectivity index (χ2v) is 4.57. The fourth-order valence-electron chi connectivity index (χ4n) is 1.86. The van der Waals surface area contributed by atoms with Crippen LogP contribution in [0, 0.1) is 31.9 Å². The van der Waals surface area contributed by atoms with Crippen LogP contribution >= 0.6 is 0 Å². The number of nitro benzene ring substituents is 2. The topological polar surface area (TPSA) is 108 Å². The van der Waals surface area contributed by atoms with Gasteiger partial charge in [-0.05, 0) is 18.2 Å². The molecule has 8 nitrogen and oxygen atoms in total. The molecule has 0 bridgehead atoms. The third-order valence-electron chi connectivity index (χ3n) is 2.97. The van der Waals surface area contributed by atoms with Crippen LogP contribution in [-0.4, -0.2) is 23.0 Å². The molecule has 24 heavy (non-hydrogen) atoms. The first-order chi connectivity index (χ1) is 11.4. The van der Waals surface area contributed by atoms with E-state index in [1.165, 1.54) is 12.1 Å². The molecule has 0 aromatic heterocycles. The van der Waals surface area contributed by atoms with Gasteiger partial charge in [-0.2, -0.15) is 0 Å². The minimum atomic E-state index is -1.05. The van der Waals surface area contributed by atoms with Crippen molar-refractivity contribution in [2.75, 3.05) is 18.5 Å². The van der Waals surface area contributed by atoms with Gasteiger partial charge in [0.2, 0.25) is 0 Å². The molecule has 0 aliphatic rings. The number of non-ortho nitro benzene ring substituents is 1. The molecular weight excluding hydrogens is 328 g/mol. The molecule has 0 saturated carbocycles. The van der Waals surface area contributed by atoms with E-state index in [4.69, 9.17) is 4.74 Å². The molecule has 0 amide bonds. The Balaban J connectivity index is 1.97. The first kappa shape index (κ1) is 17.1. The maximum absolute atomic E-state index is 13.0. The molecule has 0 spiro atoms. The molecule has 0 aliphatic heterocycles. The van der Waals surface area contributed by atoms with Gasteiger partial charge in [-0.15, -0.1) is 0 Å². The van der Waals surface area contributed by atoms with E-state index in [-0.39, 0.29) is 24.6 Å². The van der Waals surface area contributed by atoms with E-state index in [0.29, 0.717) is 0 Å². The summed E-state index contributed by atoms with van der Waals surface area (Å²) in [6.45, 7) is 0.122. The van der Waals surface area contributed by atoms with Gasteiger partial charge in [-0.1, -0.05) is 0 Å². The maximum Gasteiger partial charge on any atom is 0.299 e. The van der Waals surface area contributed by atoms with Crippen LogP contribution < -0.4 is 10.1 Å². The van der Waals surface area contributed by atoms with Crippen LogP contribution in [0.4, 0.5) is 25.8 Å². The van der Waals surface area contributed by atoms with Crippen molar-refractivity contribution in [3.8, 4) is 5.75 Å². The largest absolute Gasteiger partial charge is 0.492 e. The van der Waals surface area contributed by atoms with E-state index in [2.05, 4.69) is 5.32 Å². The highest BCUT2D eigenvalue weighted by molar-refractivity contribution is 5.65. The minimum absolute atomic E-state index is 0.0131. The van der Waals surface area contributed by atoms with Crippen LogP contribution in [0.2, 0.25) is 0 Å². The van der Waals surface area contributed by atoms with Crippen molar-refractivity contribution in [1.29, 1.82) is 0 Å². The first-order valence-electron chi connectivity index (χ1n) is 6.63. The summed E-state index contributed by atoms with van der Waals surface area (Å²) in [5.41, 5.74) is -0.762. The fourth-order valence-corrected chi connectivity index (χ4v) is 1.86. The molecular formula is C14H11F2N3O5. The van der Waals surface area contributed by atoms with Gasteiger partial charge in [-0.25, -0.2) is 8.78 Å². The second-order valence-electron chi connectivity index (χ2n) is 4.57. The summed E-state index contributed by atoms with van der Waals surface area (Å²) in [5.74, 6) is -1.94. The van der Waals surface area contributed by atoms with Crippen molar-refractivity contribution in [2.24, 2.45) is 0 Å². The van der Waals surface area contributed by atoms with E-state index in [0.717, 1.165) is 24.3 Å². The molecule has 2 rings (SSSR count). The number of nitrogens with one attached hydrogen (secondary N) is 1. The highest BCUT2D eigenvalue weighted by Gasteiger charge is 2.19. The lowest BCUT2D eigenvalue weighted by Gasteiger charge is -2.09. The number of halogens is 2. The van der Waals surface area contributed by atoms with E-state index in [9.17, 15) is 29.0 Å². The molecule has 10 heteroatoms. The average Bonchev–Trinajstić information content (AvgIpc) is 2.54. The lowest BCUT2D eigenvalue weighted by molar-refractivity contribution is -0.393. The average molecular weight is 339 g/mol. The molecule has 0 atom stereocenters.